The first-order chi connectivity index (χ1) is 6.72. The van der Waals surface area contributed by atoms with Gasteiger partial charge in [-0.1, -0.05) is 23.2 Å². The molecule has 0 bridgehead atoms. The summed E-state index contributed by atoms with van der Waals surface area (Å²) in [6.45, 7) is 1.94. The van der Waals surface area contributed by atoms with Gasteiger partial charge in [-0.25, -0.2) is 0 Å². The lowest BCUT2D eigenvalue weighted by atomic mass is 9.91. The van der Waals surface area contributed by atoms with Gasteiger partial charge in [-0.3, -0.25) is 0 Å². The van der Waals surface area contributed by atoms with Crippen molar-refractivity contribution in [1.82, 2.24) is 5.32 Å². The highest BCUT2D eigenvalue weighted by atomic mass is 35.5. The molecule has 1 aliphatic rings. The van der Waals surface area contributed by atoms with Gasteiger partial charge in [0.2, 0.25) is 0 Å². The van der Waals surface area contributed by atoms with Crippen LogP contribution in [0.3, 0.4) is 0 Å². The zero-order chi connectivity index (χ0) is 10.4. The van der Waals surface area contributed by atoms with Crippen LogP contribution in [0.5, 0.6) is 0 Å². The first-order valence-corrected chi connectivity index (χ1v) is 5.42. The van der Waals surface area contributed by atoms with Crippen LogP contribution in [0.4, 0.5) is 0 Å². The predicted octanol–water partition coefficient (Wildman–Crippen LogP) is 1.44. The molecule has 0 atom stereocenters. The second-order valence-corrected chi connectivity index (χ2v) is 4.16. The van der Waals surface area contributed by atoms with Crippen LogP contribution < -0.4 is 5.32 Å². The van der Waals surface area contributed by atoms with Crippen LogP contribution in [0.2, 0.25) is 0 Å². The van der Waals surface area contributed by atoms with Crippen molar-refractivity contribution in [2.75, 3.05) is 26.4 Å². The zero-order valence-corrected chi connectivity index (χ0v) is 9.44. The maximum Gasteiger partial charge on any atom is 0.0615 e. The summed E-state index contributed by atoms with van der Waals surface area (Å²) in [5.41, 5.74) is 1.08. The van der Waals surface area contributed by atoms with Crippen LogP contribution in [0, 0.1) is 0 Å². The summed E-state index contributed by atoms with van der Waals surface area (Å²) in [6, 6.07) is 0. The summed E-state index contributed by atoms with van der Waals surface area (Å²) >= 11 is 11.2. The van der Waals surface area contributed by atoms with Crippen molar-refractivity contribution in [3.8, 4) is 0 Å². The maximum atomic E-state index is 9.31. The molecule has 3 nitrogen and oxygen atoms in total. The number of rotatable bonds is 4. The van der Waals surface area contributed by atoms with E-state index in [1.54, 1.807) is 0 Å². The van der Waals surface area contributed by atoms with Crippen molar-refractivity contribution >= 4 is 23.2 Å². The molecule has 0 aliphatic carbocycles. The van der Waals surface area contributed by atoms with Gasteiger partial charge < -0.3 is 15.2 Å². The van der Waals surface area contributed by atoms with Gasteiger partial charge >= 0.3 is 0 Å². The van der Waals surface area contributed by atoms with Gasteiger partial charge in [-0.05, 0) is 12.8 Å². The quantitative estimate of drug-likeness (QED) is 0.781. The van der Waals surface area contributed by atoms with Gasteiger partial charge in [-0.2, -0.15) is 0 Å². The lowest BCUT2D eigenvalue weighted by Crippen LogP contribution is -2.52. The number of hydrogen-bond acceptors (Lipinski definition) is 3. The fourth-order valence-corrected chi connectivity index (χ4v) is 1.61. The van der Waals surface area contributed by atoms with E-state index in [-0.39, 0.29) is 12.1 Å². The van der Waals surface area contributed by atoms with Crippen LogP contribution in [0.15, 0.2) is 10.6 Å². The smallest absolute Gasteiger partial charge is 0.0615 e. The van der Waals surface area contributed by atoms with E-state index >= 15 is 0 Å². The van der Waals surface area contributed by atoms with E-state index in [0.29, 0.717) is 24.8 Å². The second kappa shape index (κ2) is 5.93. The molecule has 0 saturated carbocycles. The molecule has 0 aromatic rings. The fourth-order valence-electron chi connectivity index (χ4n) is 1.46. The van der Waals surface area contributed by atoms with Crippen molar-refractivity contribution in [1.29, 1.82) is 0 Å². The number of hydrogen-bond donors (Lipinski definition) is 2. The Morgan fingerprint density at radius 1 is 1.50 bits per heavy atom. The van der Waals surface area contributed by atoms with Crippen molar-refractivity contribution in [3.63, 3.8) is 0 Å². The number of ether oxygens (including phenoxy) is 1. The summed E-state index contributed by atoms with van der Waals surface area (Å²) in [4.78, 5) is 0. The minimum atomic E-state index is -0.252. The summed E-state index contributed by atoms with van der Waals surface area (Å²) in [5.74, 6) is 0. The molecule has 1 heterocycles. The molecule has 0 aromatic heterocycles. The topological polar surface area (TPSA) is 41.5 Å². The average Bonchev–Trinajstić information content (AvgIpc) is 2.27. The SMILES string of the molecule is OCC1(NCC(Cl)=CCl)CCOCC1. The number of nitrogens with one attached hydrogen (secondary N) is 1. The molecular weight excluding hydrogens is 225 g/mol. The van der Waals surface area contributed by atoms with Crippen molar-refractivity contribution in [3.05, 3.63) is 10.6 Å². The molecule has 1 rings (SSSR count). The molecule has 0 aromatic carbocycles. The van der Waals surface area contributed by atoms with E-state index in [4.69, 9.17) is 27.9 Å². The highest BCUT2D eigenvalue weighted by molar-refractivity contribution is 6.36. The van der Waals surface area contributed by atoms with Crippen LogP contribution in [-0.2, 0) is 4.74 Å². The van der Waals surface area contributed by atoms with E-state index in [1.165, 1.54) is 5.54 Å². The van der Waals surface area contributed by atoms with Gasteiger partial charge in [0.15, 0.2) is 0 Å². The summed E-state index contributed by atoms with van der Waals surface area (Å²) < 4.78 is 5.23. The Kier molecular flexibility index (Phi) is 5.20. The maximum absolute atomic E-state index is 9.31. The molecule has 1 aliphatic heterocycles. The summed E-state index contributed by atoms with van der Waals surface area (Å²) in [7, 11) is 0. The highest BCUT2D eigenvalue weighted by Gasteiger charge is 2.31. The van der Waals surface area contributed by atoms with Crippen LogP contribution in [-0.4, -0.2) is 37.0 Å². The molecule has 0 unspecified atom stereocenters. The molecule has 2 N–H and O–H groups in total. The van der Waals surface area contributed by atoms with E-state index in [2.05, 4.69) is 5.32 Å². The Morgan fingerprint density at radius 2 is 2.14 bits per heavy atom. The minimum Gasteiger partial charge on any atom is -0.394 e. The van der Waals surface area contributed by atoms with E-state index < -0.39 is 0 Å². The second-order valence-electron chi connectivity index (χ2n) is 3.46. The lowest BCUT2D eigenvalue weighted by Gasteiger charge is -2.36. The molecule has 0 radical (unpaired) electrons. The number of halogens is 2. The van der Waals surface area contributed by atoms with Gasteiger partial charge in [0.1, 0.15) is 0 Å². The lowest BCUT2D eigenvalue weighted by molar-refractivity contribution is 0.0135. The third-order valence-electron chi connectivity index (χ3n) is 2.50. The number of aliphatic hydroxyl groups excluding tert-OH is 1. The van der Waals surface area contributed by atoms with Gasteiger partial charge in [0.05, 0.1) is 6.61 Å². The van der Waals surface area contributed by atoms with Crippen LogP contribution in [0.25, 0.3) is 0 Å². The van der Waals surface area contributed by atoms with E-state index in [1.807, 2.05) is 0 Å². The fraction of sp³-hybridized carbons (Fsp3) is 0.778. The molecule has 1 saturated heterocycles. The molecular formula is C9H15Cl2NO2. The Bertz CT molecular complexity index is 203. The van der Waals surface area contributed by atoms with Crippen LogP contribution in [0.1, 0.15) is 12.8 Å². The number of aliphatic hydroxyl groups is 1. The normalized spacial score (nSPS) is 22.4. The monoisotopic (exact) mass is 239 g/mol. The minimum absolute atomic E-state index is 0.100. The van der Waals surface area contributed by atoms with E-state index in [0.717, 1.165) is 12.8 Å². The predicted molar refractivity (Wildman–Crippen MR) is 57.7 cm³/mol. The average molecular weight is 240 g/mol. The van der Waals surface area contributed by atoms with Gasteiger partial charge in [0, 0.05) is 35.9 Å². The van der Waals surface area contributed by atoms with Gasteiger partial charge in [0.25, 0.3) is 0 Å². The Hall–Kier alpha value is 0.200. The first kappa shape index (κ1) is 12.3. The Labute approximate surface area is 94.0 Å². The zero-order valence-electron chi connectivity index (χ0n) is 7.93. The van der Waals surface area contributed by atoms with Gasteiger partial charge in [-0.15, -0.1) is 0 Å². The third-order valence-corrected chi connectivity index (χ3v) is 3.12. The summed E-state index contributed by atoms with van der Waals surface area (Å²) in [6.07, 6.45) is 1.60. The molecule has 0 spiro atoms. The van der Waals surface area contributed by atoms with Crippen molar-refractivity contribution < 1.29 is 9.84 Å². The highest BCUT2D eigenvalue weighted by Crippen LogP contribution is 2.20. The van der Waals surface area contributed by atoms with Crippen LogP contribution >= 0.6 is 23.2 Å². The molecule has 5 heteroatoms. The first-order valence-electron chi connectivity index (χ1n) is 4.61. The van der Waals surface area contributed by atoms with Crippen molar-refractivity contribution in [2.45, 2.75) is 18.4 Å². The third kappa shape index (κ3) is 3.41. The Morgan fingerprint density at radius 3 is 2.64 bits per heavy atom. The largest absolute Gasteiger partial charge is 0.394 e. The summed E-state index contributed by atoms with van der Waals surface area (Å²) in [5, 5.41) is 13.1. The Balaban J connectivity index is 2.44. The standard InChI is InChI=1S/C9H15Cl2NO2/c10-5-8(11)6-12-9(7-13)1-3-14-4-2-9/h5,12-13H,1-4,6-7H2. The molecule has 14 heavy (non-hydrogen) atoms. The molecule has 1 fully saturated rings. The molecule has 82 valence electrons. The van der Waals surface area contributed by atoms with Crippen molar-refractivity contribution in [2.24, 2.45) is 0 Å². The molecule has 0 amide bonds. The van der Waals surface area contributed by atoms with E-state index in [9.17, 15) is 5.11 Å².